The number of carbonyl (C=O) groups excluding carboxylic acids is 1. The fourth-order valence-electron chi connectivity index (χ4n) is 2.22. The van der Waals surface area contributed by atoms with Gasteiger partial charge in [-0.2, -0.15) is 5.10 Å². The fraction of sp³-hybridized carbons (Fsp3) is 0.250. The van der Waals surface area contributed by atoms with Gasteiger partial charge in [-0.25, -0.2) is 5.43 Å². The molecule has 1 amide bonds. The molecule has 0 unspecified atom stereocenters. The number of carbonyl (C=O) groups is 1. The molecule has 1 aromatic heterocycles. The Morgan fingerprint density at radius 2 is 2.14 bits per heavy atom. The van der Waals surface area contributed by atoms with E-state index in [-0.39, 0.29) is 5.91 Å². The van der Waals surface area contributed by atoms with E-state index < -0.39 is 0 Å². The Labute approximate surface area is 127 Å². The molecule has 1 aliphatic rings. The molecular formula is C16H15ClN2O2. The third-order valence-electron chi connectivity index (χ3n) is 3.60. The molecule has 21 heavy (non-hydrogen) atoms. The number of furan rings is 1. The highest BCUT2D eigenvalue weighted by molar-refractivity contribution is 6.33. The minimum atomic E-state index is -0.348. The topological polar surface area (TPSA) is 54.6 Å². The van der Waals surface area contributed by atoms with Crippen molar-refractivity contribution in [2.75, 3.05) is 0 Å². The number of benzene rings is 1. The van der Waals surface area contributed by atoms with Gasteiger partial charge in [-0.3, -0.25) is 4.79 Å². The molecule has 4 nitrogen and oxygen atoms in total. The number of nitrogens with one attached hydrogen (secondary N) is 1. The molecule has 0 saturated heterocycles. The molecule has 0 spiro atoms. The van der Waals surface area contributed by atoms with Gasteiger partial charge in [0.25, 0.3) is 5.91 Å². The standard InChI is InChI=1S/C16H15ClN2O2/c1-10-8-13(10)15-7-6-11(21-15)9-18-19-16(20)12-4-2-3-5-14(12)17/h2-7,9-10,13H,8H2,1H3,(H,19,20)/b18-9-/t10-,13+/m1/s1. The molecule has 1 heterocycles. The van der Waals surface area contributed by atoms with Gasteiger partial charge >= 0.3 is 0 Å². The third-order valence-corrected chi connectivity index (χ3v) is 3.93. The van der Waals surface area contributed by atoms with Crippen LogP contribution in [0.1, 0.15) is 41.1 Å². The molecule has 108 valence electrons. The smallest absolute Gasteiger partial charge is 0.272 e. The lowest BCUT2D eigenvalue weighted by molar-refractivity contribution is 0.0955. The summed E-state index contributed by atoms with van der Waals surface area (Å²) in [5.74, 6) is 2.50. The first-order chi connectivity index (χ1) is 10.1. The highest BCUT2D eigenvalue weighted by atomic mass is 35.5. The Bertz CT molecular complexity index is 693. The van der Waals surface area contributed by atoms with Crippen LogP contribution in [-0.4, -0.2) is 12.1 Å². The van der Waals surface area contributed by atoms with Gasteiger partial charge in [0.05, 0.1) is 16.8 Å². The maximum atomic E-state index is 11.9. The second-order valence-electron chi connectivity index (χ2n) is 5.24. The summed E-state index contributed by atoms with van der Waals surface area (Å²) in [7, 11) is 0. The number of hydrogen-bond acceptors (Lipinski definition) is 3. The third kappa shape index (κ3) is 3.16. The molecule has 2 atom stereocenters. The SMILES string of the molecule is C[C@@H]1C[C@@H]1c1ccc(/C=N\NC(=O)c2ccccc2Cl)o1. The van der Waals surface area contributed by atoms with Gasteiger partial charge in [0.2, 0.25) is 0 Å². The largest absolute Gasteiger partial charge is 0.460 e. The molecule has 3 rings (SSSR count). The van der Waals surface area contributed by atoms with Crippen molar-refractivity contribution in [2.45, 2.75) is 19.3 Å². The summed E-state index contributed by atoms with van der Waals surface area (Å²) in [6.07, 6.45) is 2.67. The van der Waals surface area contributed by atoms with Crippen molar-refractivity contribution in [1.82, 2.24) is 5.43 Å². The summed E-state index contributed by atoms with van der Waals surface area (Å²) in [5, 5.41) is 4.29. The Balaban J connectivity index is 1.61. The summed E-state index contributed by atoms with van der Waals surface area (Å²) >= 11 is 5.94. The predicted octanol–water partition coefficient (Wildman–Crippen LogP) is 3.82. The van der Waals surface area contributed by atoms with E-state index in [9.17, 15) is 4.79 Å². The zero-order valence-corrected chi connectivity index (χ0v) is 12.3. The molecule has 1 saturated carbocycles. The Morgan fingerprint density at radius 3 is 2.86 bits per heavy atom. The molecule has 1 aliphatic carbocycles. The van der Waals surface area contributed by atoms with Crippen LogP contribution in [0.4, 0.5) is 0 Å². The first-order valence-corrected chi connectivity index (χ1v) is 7.20. The molecular weight excluding hydrogens is 288 g/mol. The molecule has 0 aliphatic heterocycles. The second kappa shape index (κ2) is 5.74. The van der Waals surface area contributed by atoms with Crippen LogP contribution in [0, 0.1) is 5.92 Å². The van der Waals surface area contributed by atoms with Crippen molar-refractivity contribution in [2.24, 2.45) is 11.0 Å². The van der Waals surface area contributed by atoms with Crippen molar-refractivity contribution in [3.8, 4) is 0 Å². The molecule has 1 aromatic carbocycles. The van der Waals surface area contributed by atoms with Crippen molar-refractivity contribution >= 4 is 23.7 Å². The van der Waals surface area contributed by atoms with E-state index in [0.717, 1.165) is 5.76 Å². The van der Waals surface area contributed by atoms with Gasteiger partial charge in [-0.15, -0.1) is 0 Å². The first kappa shape index (κ1) is 13.9. The van der Waals surface area contributed by atoms with Crippen LogP contribution >= 0.6 is 11.6 Å². The van der Waals surface area contributed by atoms with E-state index in [1.807, 2.05) is 12.1 Å². The fourth-order valence-corrected chi connectivity index (χ4v) is 2.44. The molecule has 0 bridgehead atoms. The number of nitrogens with zero attached hydrogens (tertiary/aromatic N) is 1. The van der Waals surface area contributed by atoms with E-state index in [1.165, 1.54) is 12.6 Å². The van der Waals surface area contributed by atoms with Crippen molar-refractivity contribution in [1.29, 1.82) is 0 Å². The van der Waals surface area contributed by atoms with E-state index in [1.54, 1.807) is 24.3 Å². The van der Waals surface area contributed by atoms with Gasteiger partial charge in [0.15, 0.2) is 0 Å². The van der Waals surface area contributed by atoms with Gasteiger partial charge in [-0.1, -0.05) is 30.7 Å². The molecule has 1 N–H and O–H groups in total. The summed E-state index contributed by atoms with van der Waals surface area (Å²) < 4.78 is 5.66. The van der Waals surface area contributed by atoms with E-state index in [0.29, 0.717) is 28.2 Å². The van der Waals surface area contributed by atoms with Gasteiger partial charge < -0.3 is 4.42 Å². The Morgan fingerprint density at radius 1 is 1.38 bits per heavy atom. The number of halogens is 1. The highest BCUT2D eigenvalue weighted by Crippen LogP contribution is 2.47. The van der Waals surface area contributed by atoms with Crippen LogP contribution in [0.2, 0.25) is 5.02 Å². The van der Waals surface area contributed by atoms with Crippen LogP contribution in [-0.2, 0) is 0 Å². The molecule has 0 radical (unpaired) electrons. The van der Waals surface area contributed by atoms with Gasteiger partial charge in [-0.05, 0) is 36.6 Å². The maximum Gasteiger partial charge on any atom is 0.272 e. The van der Waals surface area contributed by atoms with Crippen molar-refractivity contribution in [3.05, 3.63) is 58.5 Å². The minimum absolute atomic E-state index is 0.348. The first-order valence-electron chi connectivity index (χ1n) is 6.83. The number of hydrogen-bond donors (Lipinski definition) is 1. The zero-order valence-electron chi connectivity index (χ0n) is 11.5. The van der Waals surface area contributed by atoms with E-state index in [4.69, 9.17) is 16.0 Å². The van der Waals surface area contributed by atoms with Crippen LogP contribution in [0.5, 0.6) is 0 Å². The van der Waals surface area contributed by atoms with Gasteiger partial charge in [0, 0.05) is 5.92 Å². The summed E-state index contributed by atoms with van der Waals surface area (Å²) in [6, 6.07) is 10.6. The molecule has 2 aromatic rings. The normalized spacial score (nSPS) is 20.7. The van der Waals surface area contributed by atoms with Crippen molar-refractivity contribution in [3.63, 3.8) is 0 Å². The van der Waals surface area contributed by atoms with E-state index >= 15 is 0 Å². The Kier molecular flexibility index (Phi) is 3.80. The lowest BCUT2D eigenvalue weighted by atomic mass is 10.2. The lowest BCUT2D eigenvalue weighted by Crippen LogP contribution is -2.17. The van der Waals surface area contributed by atoms with Crippen LogP contribution in [0.3, 0.4) is 0 Å². The van der Waals surface area contributed by atoms with Crippen molar-refractivity contribution < 1.29 is 9.21 Å². The lowest BCUT2D eigenvalue weighted by Gasteiger charge is -2.01. The summed E-state index contributed by atoms with van der Waals surface area (Å²) in [5.41, 5.74) is 2.83. The van der Waals surface area contributed by atoms with Crippen LogP contribution in [0.25, 0.3) is 0 Å². The monoisotopic (exact) mass is 302 g/mol. The summed E-state index contributed by atoms with van der Waals surface area (Å²) in [4.78, 5) is 11.9. The quantitative estimate of drug-likeness (QED) is 0.689. The van der Waals surface area contributed by atoms with Crippen LogP contribution in [0.15, 0.2) is 45.9 Å². The predicted molar refractivity (Wildman–Crippen MR) is 81.7 cm³/mol. The van der Waals surface area contributed by atoms with E-state index in [2.05, 4.69) is 17.5 Å². The number of amides is 1. The molecule has 5 heteroatoms. The van der Waals surface area contributed by atoms with Gasteiger partial charge in [0.1, 0.15) is 11.5 Å². The number of hydrazone groups is 1. The highest BCUT2D eigenvalue weighted by Gasteiger charge is 2.36. The maximum absolute atomic E-state index is 11.9. The number of rotatable bonds is 4. The average molecular weight is 303 g/mol. The van der Waals surface area contributed by atoms with Crippen LogP contribution < -0.4 is 5.43 Å². The zero-order chi connectivity index (χ0) is 14.8. The Hall–Kier alpha value is -2.07. The summed E-state index contributed by atoms with van der Waals surface area (Å²) in [6.45, 7) is 2.20. The average Bonchev–Trinajstić information content (AvgIpc) is 3.01. The minimum Gasteiger partial charge on any atom is -0.460 e. The molecule has 1 fully saturated rings. The second-order valence-corrected chi connectivity index (χ2v) is 5.65.